The van der Waals surface area contributed by atoms with Gasteiger partial charge >= 0.3 is 6.18 Å². The van der Waals surface area contributed by atoms with Gasteiger partial charge in [0.05, 0.1) is 5.56 Å². The second-order valence-electron chi connectivity index (χ2n) is 5.40. The van der Waals surface area contributed by atoms with Crippen molar-refractivity contribution in [2.45, 2.75) is 12.6 Å². The van der Waals surface area contributed by atoms with Gasteiger partial charge in [-0.1, -0.05) is 49.0 Å². The molecular formula is C19H13F3O. The molecule has 1 nitrogen and oxygen atoms in total. The van der Waals surface area contributed by atoms with Crippen LogP contribution in [0.3, 0.4) is 0 Å². The van der Waals surface area contributed by atoms with Crippen LogP contribution in [0, 0.1) is 0 Å². The third-order valence-electron chi connectivity index (χ3n) is 3.86. The number of carbonyl (C=O) groups excluding carboxylic acids is 1. The lowest BCUT2D eigenvalue weighted by Crippen LogP contribution is -2.04. The highest BCUT2D eigenvalue weighted by atomic mass is 19.4. The molecule has 0 aromatic heterocycles. The maximum Gasteiger partial charge on any atom is 0.416 e. The zero-order chi connectivity index (χ0) is 16.6. The Balaban J connectivity index is 2.10. The van der Waals surface area contributed by atoms with Gasteiger partial charge in [0.25, 0.3) is 0 Å². The van der Waals surface area contributed by atoms with Gasteiger partial charge in [-0.3, -0.25) is 4.79 Å². The quantitative estimate of drug-likeness (QED) is 0.701. The summed E-state index contributed by atoms with van der Waals surface area (Å²) in [5, 5.41) is 0. The smallest absolute Gasteiger partial charge is 0.289 e. The fraction of sp³-hybridized carbons (Fsp3) is 0.105. The van der Waals surface area contributed by atoms with Crippen molar-refractivity contribution < 1.29 is 18.0 Å². The molecule has 0 fully saturated rings. The number of Topliss-reactive ketones (excluding diaryl/α,β-unsaturated/α-hetero) is 1. The third-order valence-corrected chi connectivity index (χ3v) is 3.86. The highest BCUT2D eigenvalue weighted by Gasteiger charge is 2.31. The van der Waals surface area contributed by atoms with Gasteiger partial charge in [-0.2, -0.15) is 13.2 Å². The summed E-state index contributed by atoms with van der Waals surface area (Å²) in [4.78, 5) is 12.4. The first-order chi connectivity index (χ1) is 10.9. The Morgan fingerprint density at radius 1 is 0.870 bits per heavy atom. The summed E-state index contributed by atoms with van der Waals surface area (Å²) >= 11 is 0. The zero-order valence-electron chi connectivity index (χ0n) is 12.2. The van der Waals surface area contributed by atoms with Crippen molar-refractivity contribution in [2.75, 3.05) is 0 Å². The van der Waals surface area contributed by atoms with Crippen molar-refractivity contribution in [2.24, 2.45) is 0 Å². The molecule has 0 bridgehead atoms. The van der Waals surface area contributed by atoms with Crippen LogP contribution in [0.2, 0.25) is 0 Å². The lowest BCUT2D eigenvalue weighted by Gasteiger charge is -2.10. The second-order valence-corrected chi connectivity index (χ2v) is 5.40. The lowest BCUT2D eigenvalue weighted by atomic mass is 9.96. The van der Waals surface area contributed by atoms with E-state index in [4.69, 9.17) is 0 Å². The summed E-state index contributed by atoms with van der Waals surface area (Å²) < 4.78 is 38.0. The summed E-state index contributed by atoms with van der Waals surface area (Å²) in [7, 11) is 0. The Bertz CT molecular complexity index is 797. The number of allylic oxidation sites excluding steroid dienone is 3. The van der Waals surface area contributed by atoms with Crippen LogP contribution in [0.25, 0.3) is 11.1 Å². The number of hydrogen-bond acceptors (Lipinski definition) is 1. The maximum absolute atomic E-state index is 12.7. The van der Waals surface area contributed by atoms with E-state index in [2.05, 4.69) is 6.58 Å². The third kappa shape index (κ3) is 2.84. The molecule has 0 saturated carbocycles. The fourth-order valence-electron chi connectivity index (χ4n) is 2.71. The van der Waals surface area contributed by atoms with E-state index >= 15 is 0 Å². The van der Waals surface area contributed by atoms with Crippen LogP contribution in [0.4, 0.5) is 13.2 Å². The summed E-state index contributed by atoms with van der Waals surface area (Å²) in [6.07, 6.45) is -4.02. The van der Waals surface area contributed by atoms with Crippen LogP contribution in [0.1, 0.15) is 23.1 Å². The predicted octanol–water partition coefficient (Wildman–Crippen LogP) is 5.15. The van der Waals surface area contributed by atoms with Crippen molar-refractivity contribution in [3.8, 4) is 0 Å². The first kappa shape index (κ1) is 15.3. The summed E-state index contributed by atoms with van der Waals surface area (Å²) in [5.41, 5.74) is 2.37. The molecule has 2 aromatic carbocycles. The molecule has 23 heavy (non-hydrogen) atoms. The monoisotopic (exact) mass is 314 g/mol. The van der Waals surface area contributed by atoms with Gasteiger partial charge in [-0.25, -0.2) is 0 Å². The molecule has 116 valence electrons. The number of rotatable bonds is 2. The lowest BCUT2D eigenvalue weighted by molar-refractivity contribution is -0.137. The predicted molar refractivity (Wildman–Crippen MR) is 83.5 cm³/mol. The maximum atomic E-state index is 12.7. The molecule has 4 heteroatoms. The summed E-state index contributed by atoms with van der Waals surface area (Å²) in [6, 6.07) is 14.0. The molecule has 3 rings (SSSR count). The van der Waals surface area contributed by atoms with Crippen LogP contribution in [-0.2, 0) is 11.0 Å². The number of carbonyl (C=O) groups is 1. The van der Waals surface area contributed by atoms with E-state index in [1.54, 1.807) is 0 Å². The molecule has 0 heterocycles. The number of hydrogen-bond donors (Lipinski definition) is 0. The average Bonchev–Trinajstić information content (AvgIpc) is 2.83. The van der Waals surface area contributed by atoms with Gasteiger partial charge in [0, 0.05) is 12.0 Å². The van der Waals surface area contributed by atoms with E-state index in [1.807, 2.05) is 30.3 Å². The van der Waals surface area contributed by atoms with Gasteiger partial charge in [-0.15, -0.1) is 0 Å². The molecule has 2 aromatic rings. The average molecular weight is 314 g/mol. The molecular weight excluding hydrogens is 301 g/mol. The van der Waals surface area contributed by atoms with Crippen LogP contribution < -0.4 is 0 Å². The van der Waals surface area contributed by atoms with Crippen LogP contribution in [0.15, 0.2) is 66.7 Å². The minimum atomic E-state index is -4.37. The summed E-state index contributed by atoms with van der Waals surface area (Å²) in [6.45, 7) is 3.77. The van der Waals surface area contributed by atoms with Crippen molar-refractivity contribution in [1.82, 2.24) is 0 Å². The van der Waals surface area contributed by atoms with Crippen molar-refractivity contribution in [3.63, 3.8) is 0 Å². The molecule has 0 unspecified atom stereocenters. The number of ketones is 1. The number of benzene rings is 2. The molecule has 1 aliphatic rings. The van der Waals surface area contributed by atoms with E-state index in [1.165, 1.54) is 12.1 Å². The standard InChI is InChI=1S/C19H13F3O/c1-12-11-16(13-7-9-15(10-8-13)19(20,21)22)17(18(12)23)14-5-3-2-4-6-14/h2-10H,1,11H2. The van der Waals surface area contributed by atoms with Gasteiger partial charge in [0.2, 0.25) is 0 Å². The minimum Gasteiger partial charge on any atom is -0.289 e. The fourth-order valence-corrected chi connectivity index (χ4v) is 2.71. The molecule has 0 atom stereocenters. The number of alkyl halides is 3. The normalized spacial score (nSPS) is 15.4. The Hall–Kier alpha value is -2.62. The van der Waals surface area contributed by atoms with E-state index in [0.29, 0.717) is 23.1 Å². The Morgan fingerprint density at radius 2 is 1.48 bits per heavy atom. The number of halogens is 3. The Kier molecular flexibility index (Phi) is 3.68. The van der Waals surface area contributed by atoms with Gasteiger partial charge in [0.1, 0.15) is 0 Å². The first-order valence-electron chi connectivity index (χ1n) is 7.06. The SMILES string of the molecule is C=C1CC(c2ccc(C(F)(F)F)cc2)=C(c2ccccc2)C1=O. The van der Waals surface area contributed by atoms with E-state index in [-0.39, 0.29) is 5.78 Å². The molecule has 0 spiro atoms. The van der Waals surface area contributed by atoms with E-state index in [0.717, 1.165) is 23.3 Å². The van der Waals surface area contributed by atoms with Crippen molar-refractivity contribution >= 4 is 16.9 Å². The second kappa shape index (κ2) is 5.54. The van der Waals surface area contributed by atoms with Crippen molar-refractivity contribution in [1.29, 1.82) is 0 Å². The minimum absolute atomic E-state index is 0.147. The summed E-state index contributed by atoms with van der Waals surface area (Å²) in [5.74, 6) is -0.147. The first-order valence-corrected chi connectivity index (χ1v) is 7.06. The van der Waals surface area contributed by atoms with Crippen LogP contribution in [0.5, 0.6) is 0 Å². The van der Waals surface area contributed by atoms with Gasteiger partial charge < -0.3 is 0 Å². The molecule has 0 amide bonds. The molecule has 0 radical (unpaired) electrons. The molecule has 0 aliphatic heterocycles. The molecule has 0 N–H and O–H groups in total. The Morgan fingerprint density at radius 3 is 2.04 bits per heavy atom. The zero-order valence-corrected chi connectivity index (χ0v) is 12.2. The van der Waals surface area contributed by atoms with Crippen molar-refractivity contribution in [3.05, 3.63) is 83.4 Å². The van der Waals surface area contributed by atoms with Crippen LogP contribution in [-0.4, -0.2) is 5.78 Å². The highest BCUT2D eigenvalue weighted by molar-refractivity contribution is 6.38. The van der Waals surface area contributed by atoms with E-state index < -0.39 is 11.7 Å². The highest BCUT2D eigenvalue weighted by Crippen LogP contribution is 2.40. The molecule has 1 aliphatic carbocycles. The van der Waals surface area contributed by atoms with Gasteiger partial charge in [-0.05, 0) is 34.4 Å². The topological polar surface area (TPSA) is 17.1 Å². The van der Waals surface area contributed by atoms with Gasteiger partial charge in [0.15, 0.2) is 5.78 Å². The van der Waals surface area contributed by atoms with E-state index in [9.17, 15) is 18.0 Å². The molecule has 0 saturated heterocycles. The largest absolute Gasteiger partial charge is 0.416 e. The van der Waals surface area contributed by atoms with Crippen LogP contribution >= 0.6 is 0 Å². The Labute approximate surface area is 131 Å².